The van der Waals surface area contributed by atoms with Gasteiger partial charge in [0, 0.05) is 84.6 Å². The topological polar surface area (TPSA) is 13.0 Å². The van der Waals surface area contributed by atoms with Crippen LogP contribution in [0.4, 0.5) is 77.0 Å². The molecule has 0 atom stereocenters. The average molecular weight is 1100 g/mol. The molecule has 13 aromatic carbocycles. The molecular weight excluding hydrogens is 1040 g/mol. The third-order valence-corrected chi connectivity index (χ3v) is 16.5. The van der Waals surface area contributed by atoms with Crippen molar-refractivity contribution in [3.8, 4) is 44.5 Å². The van der Waals surface area contributed by atoms with Crippen LogP contribution in [0.15, 0.2) is 322 Å². The first-order valence-electron chi connectivity index (χ1n) is 28.8. The lowest BCUT2D eigenvalue weighted by molar-refractivity contribution is 0.631. The lowest BCUT2D eigenvalue weighted by Gasteiger charge is -2.46. The van der Waals surface area contributed by atoms with Gasteiger partial charge in [-0.1, -0.05) is 231 Å². The van der Waals surface area contributed by atoms with Gasteiger partial charge in [-0.15, -0.1) is 0 Å². The number of hydrogen-bond donors (Lipinski definition) is 0. The maximum atomic E-state index is 17.2. The van der Waals surface area contributed by atoms with Gasteiger partial charge < -0.3 is 19.6 Å². The van der Waals surface area contributed by atoms with Gasteiger partial charge in [0.15, 0.2) is 0 Å². The van der Waals surface area contributed by atoms with Gasteiger partial charge in [-0.25, -0.2) is 8.78 Å². The van der Waals surface area contributed by atoms with Gasteiger partial charge in [0.25, 0.3) is 6.71 Å². The highest BCUT2D eigenvalue weighted by molar-refractivity contribution is 7.00. The molecule has 7 heteroatoms. The largest absolute Gasteiger partial charge is 0.310 e. The maximum Gasteiger partial charge on any atom is 0.252 e. The van der Waals surface area contributed by atoms with Crippen molar-refractivity contribution < 1.29 is 8.78 Å². The van der Waals surface area contributed by atoms with Crippen molar-refractivity contribution in [1.82, 2.24) is 0 Å². The monoisotopic (exact) mass is 1090 g/mol. The van der Waals surface area contributed by atoms with Crippen LogP contribution >= 0.6 is 0 Å². The SMILES string of the molecule is Fc1ccccc1-c1cccc(-c2ccccc2)c1N1c2ccccc2B2c3ccc(N(c4ccccc4)c4ccccc4)cc3N(c3c(-c4ccccc4)cccc3-c3ccccc3F)c3cc(N(c4ccccc4)c4ccccc4)cc1c32. The second kappa shape index (κ2) is 21.7. The number of halogens is 2. The zero-order valence-electron chi connectivity index (χ0n) is 46.2. The Morgan fingerprint density at radius 3 is 1.05 bits per heavy atom. The number of hydrogen-bond acceptors (Lipinski definition) is 4. The Bertz CT molecular complexity index is 4510. The quantitative estimate of drug-likeness (QED) is 0.113. The molecule has 85 heavy (non-hydrogen) atoms. The minimum atomic E-state index is -0.336. The van der Waals surface area contributed by atoms with E-state index in [-0.39, 0.29) is 18.3 Å². The number of anilines is 12. The maximum absolute atomic E-state index is 17.2. The van der Waals surface area contributed by atoms with Crippen LogP contribution in [0.3, 0.4) is 0 Å². The molecule has 402 valence electrons. The lowest BCUT2D eigenvalue weighted by Crippen LogP contribution is -2.61. The molecule has 0 aromatic heterocycles. The molecule has 0 fully saturated rings. The number of rotatable bonds is 12. The van der Waals surface area contributed by atoms with Gasteiger partial charge in [0.05, 0.1) is 17.1 Å². The molecule has 0 saturated carbocycles. The van der Waals surface area contributed by atoms with E-state index in [1.165, 1.54) is 0 Å². The van der Waals surface area contributed by atoms with Gasteiger partial charge in [-0.3, -0.25) is 0 Å². The van der Waals surface area contributed by atoms with E-state index in [1.807, 2.05) is 72.8 Å². The Morgan fingerprint density at radius 1 is 0.247 bits per heavy atom. The molecule has 15 rings (SSSR count). The van der Waals surface area contributed by atoms with E-state index in [0.29, 0.717) is 11.1 Å². The summed E-state index contributed by atoms with van der Waals surface area (Å²) in [5.74, 6) is -0.646. The van der Waals surface area contributed by atoms with Gasteiger partial charge >= 0.3 is 0 Å². The fourth-order valence-electron chi connectivity index (χ4n) is 12.9. The average Bonchev–Trinajstić information content (AvgIpc) is 0.821. The Kier molecular flexibility index (Phi) is 13.0. The Balaban J connectivity index is 1.13. The molecule has 0 N–H and O–H groups in total. The van der Waals surface area contributed by atoms with Crippen molar-refractivity contribution in [2.75, 3.05) is 19.6 Å². The van der Waals surface area contributed by atoms with E-state index in [9.17, 15) is 0 Å². The predicted octanol–water partition coefficient (Wildman–Crippen LogP) is 19.7. The van der Waals surface area contributed by atoms with Crippen LogP contribution in [0.2, 0.25) is 0 Å². The normalized spacial score (nSPS) is 12.0. The molecule has 0 bridgehead atoms. The minimum absolute atomic E-state index is 0.318. The number of para-hydroxylation sites is 7. The Labute approximate surface area is 494 Å². The molecular formula is C78H53BF2N4. The summed E-state index contributed by atoms with van der Waals surface area (Å²) < 4.78 is 34.1. The van der Waals surface area contributed by atoms with Crippen LogP contribution in [0, 0.1) is 11.6 Å². The van der Waals surface area contributed by atoms with Gasteiger partial charge in [-0.05, 0) is 119 Å². The molecule has 0 amide bonds. The van der Waals surface area contributed by atoms with Crippen LogP contribution in [0.5, 0.6) is 0 Å². The third kappa shape index (κ3) is 8.93. The van der Waals surface area contributed by atoms with Crippen molar-refractivity contribution in [1.29, 1.82) is 0 Å². The number of nitrogens with zero attached hydrogens (tertiary/aromatic N) is 4. The number of fused-ring (bicyclic) bond motifs is 4. The lowest BCUT2D eigenvalue weighted by atomic mass is 9.33. The second-order valence-electron chi connectivity index (χ2n) is 21.4. The van der Waals surface area contributed by atoms with Crippen LogP contribution in [-0.2, 0) is 0 Å². The summed E-state index contributed by atoms with van der Waals surface area (Å²) >= 11 is 0. The van der Waals surface area contributed by atoms with E-state index >= 15 is 8.78 Å². The molecule has 0 aliphatic carbocycles. The summed E-state index contributed by atoms with van der Waals surface area (Å²) in [4.78, 5) is 9.46. The fourth-order valence-corrected chi connectivity index (χ4v) is 12.9. The third-order valence-electron chi connectivity index (χ3n) is 16.5. The Hall–Kier alpha value is -11.0. The van der Waals surface area contributed by atoms with E-state index < -0.39 is 0 Å². The standard InChI is InChI=1S/C78H53BF2N4/c80-70-46-22-19-39-64(70)66-43-25-41-62(54-27-7-1-8-28-54)77(66)84-72-48-24-21-45-68(72)79-69-50-49-60(82(56-31-11-3-12-32-56)57-33-13-4-14-34-57)51-73(69)85(78-63(55-29-9-2-10-30-55)42-26-44-67(78)65-40-20-23-47-71(65)81)75-53-61(52-74(84)76(75)79)83(58-35-15-5-16-36-58)59-37-17-6-18-38-59/h1-53H. The Morgan fingerprint density at radius 2 is 0.588 bits per heavy atom. The van der Waals surface area contributed by atoms with Gasteiger partial charge in [-0.2, -0.15) is 0 Å². The minimum Gasteiger partial charge on any atom is -0.310 e. The van der Waals surface area contributed by atoms with E-state index in [2.05, 4.69) is 244 Å². The molecule has 2 aliphatic heterocycles. The highest BCUT2D eigenvalue weighted by atomic mass is 19.1. The summed E-state index contributed by atoms with van der Waals surface area (Å²) in [7, 11) is 0. The van der Waals surface area contributed by atoms with Gasteiger partial charge in [0.2, 0.25) is 0 Å². The van der Waals surface area contributed by atoms with Crippen LogP contribution in [-0.4, -0.2) is 6.71 Å². The van der Waals surface area contributed by atoms with Crippen molar-refractivity contribution in [2.45, 2.75) is 0 Å². The van der Waals surface area contributed by atoms with E-state index in [1.54, 1.807) is 24.3 Å². The summed E-state index contributed by atoms with van der Waals surface area (Å²) in [5, 5.41) is 0. The van der Waals surface area contributed by atoms with Gasteiger partial charge in [0.1, 0.15) is 11.6 Å². The summed E-state index contributed by atoms with van der Waals surface area (Å²) in [6.45, 7) is -0.336. The zero-order valence-corrected chi connectivity index (χ0v) is 46.2. The van der Waals surface area contributed by atoms with Crippen molar-refractivity contribution in [2.24, 2.45) is 0 Å². The molecule has 0 unspecified atom stereocenters. The molecule has 0 radical (unpaired) electrons. The van der Waals surface area contributed by atoms with E-state index in [4.69, 9.17) is 0 Å². The molecule has 2 aliphatic rings. The fraction of sp³-hybridized carbons (Fsp3) is 0. The van der Waals surface area contributed by atoms with Crippen molar-refractivity contribution in [3.63, 3.8) is 0 Å². The van der Waals surface area contributed by atoms with Crippen LogP contribution < -0.4 is 36.0 Å². The first kappa shape index (κ1) is 50.9. The van der Waals surface area contributed by atoms with Crippen molar-refractivity contribution in [3.05, 3.63) is 333 Å². The molecule has 0 spiro atoms. The molecule has 4 nitrogen and oxygen atoms in total. The zero-order chi connectivity index (χ0) is 56.8. The summed E-state index contributed by atoms with van der Waals surface area (Å²) in [6.07, 6.45) is 0. The highest BCUT2D eigenvalue weighted by Gasteiger charge is 2.46. The van der Waals surface area contributed by atoms with Crippen molar-refractivity contribution >= 4 is 91.3 Å². The highest BCUT2D eigenvalue weighted by Crippen LogP contribution is 2.55. The predicted molar refractivity (Wildman–Crippen MR) is 351 cm³/mol. The molecule has 13 aromatic rings. The first-order valence-corrected chi connectivity index (χ1v) is 28.8. The molecule has 2 heterocycles. The van der Waals surface area contributed by atoms with Crippen LogP contribution in [0.25, 0.3) is 44.5 Å². The smallest absolute Gasteiger partial charge is 0.252 e. The number of benzene rings is 13. The molecule has 0 saturated heterocycles. The summed E-state index contributed by atoms with van der Waals surface area (Å²) in [6, 6.07) is 110. The second-order valence-corrected chi connectivity index (χ2v) is 21.4. The summed E-state index contributed by atoms with van der Waals surface area (Å²) in [5.41, 5.74) is 20.5. The van der Waals surface area contributed by atoms with Crippen LogP contribution in [0.1, 0.15) is 0 Å². The first-order chi connectivity index (χ1) is 42.1. The van der Waals surface area contributed by atoms with E-state index in [0.717, 1.165) is 118 Å².